The molecule has 0 aliphatic heterocycles. The van der Waals surface area contributed by atoms with Crippen LogP contribution in [0.4, 0.5) is 0 Å². The standard InChI is InChI=1S/C11H18N2OS/c1-14-7-10-13-9(8-15-10)11(5-6-12)3-2-4-11/h8H,2-7,12H2,1H3. The molecule has 15 heavy (non-hydrogen) atoms. The van der Waals surface area contributed by atoms with Gasteiger partial charge in [-0.3, -0.25) is 0 Å². The van der Waals surface area contributed by atoms with Gasteiger partial charge in [0.15, 0.2) is 0 Å². The molecule has 0 amide bonds. The van der Waals surface area contributed by atoms with E-state index >= 15 is 0 Å². The third kappa shape index (κ3) is 2.07. The highest BCUT2D eigenvalue weighted by atomic mass is 32.1. The number of hydrogen-bond donors (Lipinski definition) is 1. The lowest BCUT2D eigenvalue weighted by atomic mass is 9.65. The van der Waals surface area contributed by atoms with Crippen molar-refractivity contribution in [2.45, 2.75) is 37.7 Å². The summed E-state index contributed by atoms with van der Waals surface area (Å²) < 4.78 is 5.09. The highest BCUT2D eigenvalue weighted by molar-refractivity contribution is 7.09. The lowest BCUT2D eigenvalue weighted by Gasteiger charge is -2.40. The number of aromatic nitrogens is 1. The summed E-state index contributed by atoms with van der Waals surface area (Å²) in [6.45, 7) is 1.39. The molecule has 3 nitrogen and oxygen atoms in total. The number of ether oxygens (including phenoxy) is 1. The van der Waals surface area contributed by atoms with E-state index in [9.17, 15) is 0 Å². The van der Waals surface area contributed by atoms with Crippen molar-refractivity contribution in [1.82, 2.24) is 4.98 Å². The monoisotopic (exact) mass is 226 g/mol. The van der Waals surface area contributed by atoms with E-state index in [1.807, 2.05) is 0 Å². The fourth-order valence-electron chi connectivity index (χ4n) is 2.26. The fraction of sp³-hybridized carbons (Fsp3) is 0.727. The first-order valence-electron chi connectivity index (χ1n) is 5.45. The number of nitrogens with two attached hydrogens (primary N) is 1. The Bertz CT molecular complexity index is 320. The third-order valence-electron chi connectivity index (χ3n) is 3.30. The molecule has 0 radical (unpaired) electrons. The van der Waals surface area contributed by atoms with Crippen LogP contribution in [0.25, 0.3) is 0 Å². The maximum Gasteiger partial charge on any atom is 0.119 e. The van der Waals surface area contributed by atoms with Gasteiger partial charge >= 0.3 is 0 Å². The molecule has 0 spiro atoms. The van der Waals surface area contributed by atoms with Gasteiger partial charge in [-0.05, 0) is 25.8 Å². The molecule has 2 N–H and O–H groups in total. The van der Waals surface area contributed by atoms with Gasteiger partial charge in [-0.25, -0.2) is 4.98 Å². The smallest absolute Gasteiger partial charge is 0.119 e. The van der Waals surface area contributed by atoms with Gasteiger partial charge in [0.1, 0.15) is 5.01 Å². The van der Waals surface area contributed by atoms with Crippen LogP contribution < -0.4 is 5.73 Å². The van der Waals surface area contributed by atoms with Crippen molar-refractivity contribution in [3.05, 3.63) is 16.1 Å². The van der Waals surface area contributed by atoms with Gasteiger partial charge in [0.25, 0.3) is 0 Å². The topological polar surface area (TPSA) is 48.1 Å². The van der Waals surface area contributed by atoms with Crippen molar-refractivity contribution in [1.29, 1.82) is 0 Å². The molecular formula is C11H18N2OS. The van der Waals surface area contributed by atoms with Crippen LogP contribution in [0.1, 0.15) is 36.4 Å². The minimum absolute atomic E-state index is 0.303. The predicted octanol–water partition coefficient (Wildman–Crippen LogP) is 2.06. The van der Waals surface area contributed by atoms with Crippen LogP contribution in [0.15, 0.2) is 5.38 Å². The normalized spacial score (nSPS) is 18.8. The Hall–Kier alpha value is -0.450. The molecule has 1 aliphatic carbocycles. The minimum atomic E-state index is 0.303. The summed E-state index contributed by atoms with van der Waals surface area (Å²) in [5.74, 6) is 0. The molecule has 1 heterocycles. The Morgan fingerprint density at radius 1 is 1.60 bits per heavy atom. The predicted molar refractivity (Wildman–Crippen MR) is 62.0 cm³/mol. The maximum absolute atomic E-state index is 5.68. The average Bonchev–Trinajstić information content (AvgIpc) is 2.61. The molecule has 1 aromatic heterocycles. The lowest BCUT2D eigenvalue weighted by molar-refractivity contribution is 0.182. The second-order valence-corrected chi connectivity index (χ2v) is 5.17. The quantitative estimate of drug-likeness (QED) is 0.836. The summed E-state index contributed by atoms with van der Waals surface area (Å²) in [7, 11) is 1.71. The summed E-state index contributed by atoms with van der Waals surface area (Å²) >= 11 is 1.70. The van der Waals surface area contributed by atoms with Gasteiger partial charge in [0.05, 0.1) is 12.3 Å². The number of thiazole rings is 1. The van der Waals surface area contributed by atoms with Crippen LogP contribution in [-0.4, -0.2) is 18.6 Å². The Balaban J connectivity index is 2.12. The Morgan fingerprint density at radius 3 is 2.93 bits per heavy atom. The molecule has 2 rings (SSSR count). The van der Waals surface area contributed by atoms with Crippen LogP contribution in [0.3, 0.4) is 0 Å². The van der Waals surface area contributed by atoms with Gasteiger partial charge in [-0.1, -0.05) is 6.42 Å². The first-order valence-corrected chi connectivity index (χ1v) is 6.32. The minimum Gasteiger partial charge on any atom is -0.378 e. The summed E-state index contributed by atoms with van der Waals surface area (Å²) in [5.41, 5.74) is 7.23. The zero-order valence-electron chi connectivity index (χ0n) is 9.16. The highest BCUT2D eigenvalue weighted by Crippen LogP contribution is 2.46. The van der Waals surface area contributed by atoms with Crippen molar-refractivity contribution in [3.63, 3.8) is 0 Å². The molecule has 0 aromatic carbocycles. The van der Waals surface area contributed by atoms with E-state index in [1.54, 1.807) is 18.4 Å². The van der Waals surface area contributed by atoms with Crippen molar-refractivity contribution < 1.29 is 4.74 Å². The van der Waals surface area contributed by atoms with Crippen LogP contribution in [-0.2, 0) is 16.8 Å². The molecule has 84 valence electrons. The zero-order chi connectivity index (χ0) is 10.7. The van der Waals surface area contributed by atoms with Crippen molar-refractivity contribution in [3.8, 4) is 0 Å². The second kappa shape index (κ2) is 4.60. The Labute approximate surface area is 94.7 Å². The highest BCUT2D eigenvalue weighted by Gasteiger charge is 2.39. The van der Waals surface area contributed by atoms with Gasteiger partial charge in [0.2, 0.25) is 0 Å². The number of hydrogen-bond acceptors (Lipinski definition) is 4. The SMILES string of the molecule is COCc1nc(C2(CCN)CCC2)cs1. The van der Waals surface area contributed by atoms with E-state index in [0.29, 0.717) is 12.0 Å². The van der Waals surface area contributed by atoms with Gasteiger partial charge in [0, 0.05) is 17.9 Å². The molecule has 1 saturated carbocycles. The average molecular weight is 226 g/mol. The van der Waals surface area contributed by atoms with E-state index in [-0.39, 0.29) is 0 Å². The molecule has 0 saturated heterocycles. The molecule has 0 bridgehead atoms. The number of rotatable bonds is 5. The third-order valence-corrected chi connectivity index (χ3v) is 4.12. The fourth-order valence-corrected chi connectivity index (χ4v) is 3.15. The Kier molecular flexibility index (Phi) is 3.38. The van der Waals surface area contributed by atoms with Gasteiger partial charge < -0.3 is 10.5 Å². The first kappa shape index (κ1) is 11.0. The van der Waals surface area contributed by atoms with Gasteiger partial charge in [-0.2, -0.15) is 0 Å². The molecule has 4 heteroatoms. The summed E-state index contributed by atoms with van der Waals surface area (Å²) in [6, 6.07) is 0. The second-order valence-electron chi connectivity index (χ2n) is 4.23. The lowest BCUT2D eigenvalue weighted by Crippen LogP contribution is -2.36. The van der Waals surface area contributed by atoms with E-state index in [0.717, 1.165) is 18.0 Å². The molecule has 0 unspecified atom stereocenters. The van der Waals surface area contributed by atoms with Crippen molar-refractivity contribution in [2.24, 2.45) is 5.73 Å². The maximum atomic E-state index is 5.68. The summed E-state index contributed by atoms with van der Waals surface area (Å²) in [4.78, 5) is 4.65. The summed E-state index contributed by atoms with van der Waals surface area (Å²) in [5, 5.41) is 3.26. The summed E-state index contributed by atoms with van der Waals surface area (Å²) in [6.07, 6.45) is 4.89. The van der Waals surface area contributed by atoms with Gasteiger partial charge in [-0.15, -0.1) is 11.3 Å². The van der Waals surface area contributed by atoms with Crippen LogP contribution >= 0.6 is 11.3 Å². The van der Waals surface area contributed by atoms with Crippen molar-refractivity contribution >= 4 is 11.3 Å². The molecule has 1 aliphatic rings. The molecule has 1 fully saturated rings. The van der Waals surface area contributed by atoms with Crippen LogP contribution in [0, 0.1) is 0 Å². The number of methoxy groups -OCH3 is 1. The van der Waals surface area contributed by atoms with E-state index in [2.05, 4.69) is 10.4 Å². The molecule has 0 atom stereocenters. The molecule has 1 aromatic rings. The largest absolute Gasteiger partial charge is 0.378 e. The number of nitrogens with zero attached hydrogens (tertiary/aromatic N) is 1. The Morgan fingerprint density at radius 2 is 2.40 bits per heavy atom. The van der Waals surface area contributed by atoms with E-state index in [1.165, 1.54) is 25.0 Å². The van der Waals surface area contributed by atoms with E-state index in [4.69, 9.17) is 10.5 Å². The van der Waals surface area contributed by atoms with Crippen LogP contribution in [0.2, 0.25) is 0 Å². The van der Waals surface area contributed by atoms with E-state index < -0.39 is 0 Å². The van der Waals surface area contributed by atoms with Crippen LogP contribution in [0.5, 0.6) is 0 Å². The van der Waals surface area contributed by atoms with Crippen molar-refractivity contribution in [2.75, 3.05) is 13.7 Å². The zero-order valence-corrected chi connectivity index (χ0v) is 9.98. The first-order chi connectivity index (χ1) is 7.30. The molecular weight excluding hydrogens is 208 g/mol.